The van der Waals surface area contributed by atoms with Crippen molar-refractivity contribution < 1.29 is 5.11 Å². The van der Waals surface area contributed by atoms with Crippen LogP contribution in [0.5, 0.6) is 0 Å². The van der Waals surface area contributed by atoms with Crippen molar-refractivity contribution in [3.05, 3.63) is 0 Å². The standard InChI is InChI=1S/C10H19NO/c1-2-3-10(12)4-8-6-11-7-9(8)5-10/h8-9,11-12H,2-7H2,1H3. The minimum absolute atomic E-state index is 0.299. The predicted molar refractivity (Wildman–Crippen MR) is 48.9 cm³/mol. The SMILES string of the molecule is CCCC1(O)CC2CNCC2C1. The molecule has 1 saturated heterocycles. The number of nitrogens with one attached hydrogen (secondary N) is 1. The van der Waals surface area contributed by atoms with Gasteiger partial charge in [0.05, 0.1) is 5.60 Å². The van der Waals surface area contributed by atoms with Gasteiger partial charge < -0.3 is 10.4 Å². The highest BCUT2D eigenvalue weighted by molar-refractivity contribution is 4.98. The second kappa shape index (κ2) is 3.00. The topological polar surface area (TPSA) is 32.3 Å². The Hall–Kier alpha value is -0.0800. The molecule has 70 valence electrons. The van der Waals surface area contributed by atoms with Crippen molar-refractivity contribution in [3.8, 4) is 0 Å². The van der Waals surface area contributed by atoms with Crippen LogP contribution in [0.15, 0.2) is 0 Å². The molecule has 1 heterocycles. The van der Waals surface area contributed by atoms with Crippen molar-refractivity contribution in [2.24, 2.45) is 11.8 Å². The van der Waals surface area contributed by atoms with Crippen LogP contribution >= 0.6 is 0 Å². The molecule has 2 heteroatoms. The Kier molecular flexibility index (Phi) is 2.13. The predicted octanol–water partition coefficient (Wildman–Crippen LogP) is 1.15. The molecule has 2 fully saturated rings. The molecule has 2 aliphatic rings. The molecule has 2 atom stereocenters. The van der Waals surface area contributed by atoms with Crippen molar-refractivity contribution in [1.82, 2.24) is 5.32 Å². The molecule has 0 spiro atoms. The highest BCUT2D eigenvalue weighted by Gasteiger charge is 2.45. The van der Waals surface area contributed by atoms with Gasteiger partial charge in [0.1, 0.15) is 0 Å². The lowest BCUT2D eigenvalue weighted by molar-refractivity contribution is 0.0301. The highest BCUT2D eigenvalue weighted by Crippen LogP contribution is 2.43. The summed E-state index contributed by atoms with van der Waals surface area (Å²) >= 11 is 0. The first kappa shape index (κ1) is 8.52. The lowest BCUT2D eigenvalue weighted by atomic mass is 9.94. The average molecular weight is 169 g/mol. The van der Waals surface area contributed by atoms with E-state index in [2.05, 4.69) is 12.2 Å². The first-order valence-electron chi connectivity index (χ1n) is 5.16. The molecule has 1 saturated carbocycles. The maximum Gasteiger partial charge on any atom is 0.0654 e. The molecule has 0 bridgehead atoms. The zero-order chi connectivity index (χ0) is 8.60. The normalized spacial score (nSPS) is 46.5. The third-order valence-electron chi connectivity index (χ3n) is 3.48. The maximum absolute atomic E-state index is 10.2. The van der Waals surface area contributed by atoms with Gasteiger partial charge in [-0.05, 0) is 44.2 Å². The summed E-state index contributed by atoms with van der Waals surface area (Å²) < 4.78 is 0. The fourth-order valence-electron chi connectivity index (χ4n) is 2.99. The van der Waals surface area contributed by atoms with Gasteiger partial charge >= 0.3 is 0 Å². The molecule has 2 N–H and O–H groups in total. The first-order chi connectivity index (χ1) is 5.73. The zero-order valence-electron chi connectivity index (χ0n) is 7.84. The molecular formula is C10H19NO. The van der Waals surface area contributed by atoms with E-state index in [0.29, 0.717) is 0 Å². The summed E-state index contributed by atoms with van der Waals surface area (Å²) in [6, 6.07) is 0. The summed E-state index contributed by atoms with van der Waals surface area (Å²) in [4.78, 5) is 0. The third kappa shape index (κ3) is 1.38. The molecule has 0 amide bonds. The van der Waals surface area contributed by atoms with Crippen LogP contribution in [0, 0.1) is 11.8 Å². The molecule has 0 aromatic heterocycles. The number of aliphatic hydroxyl groups is 1. The second-order valence-corrected chi connectivity index (χ2v) is 4.56. The Morgan fingerprint density at radius 3 is 2.42 bits per heavy atom. The third-order valence-corrected chi connectivity index (χ3v) is 3.48. The Morgan fingerprint density at radius 1 is 1.33 bits per heavy atom. The van der Waals surface area contributed by atoms with Gasteiger partial charge in [-0.25, -0.2) is 0 Å². The Balaban J connectivity index is 1.97. The monoisotopic (exact) mass is 169 g/mol. The first-order valence-corrected chi connectivity index (χ1v) is 5.16. The zero-order valence-corrected chi connectivity index (χ0v) is 7.84. The van der Waals surface area contributed by atoms with E-state index in [-0.39, 0.29) is 5.60 Å². The Labute approximate surface area is 74.4 Å². The smallest absolute Gasteiger partial charge is 0.0654 e. The number of hydrogen-bond donors (Lipinski definition) is 2. The molecule has 0 radical (unpaired) electrons. The van der Waals surface area contributed by atoms with Gasteiger partial charge in [-0.1, -0.05) is 13.3 Å². The largest absolute Gasteiger partial charge is 0.390 e. The quantitative estimate of drug-likeness (QED) is 0.650. The van der Waals surface area contributed by atoms with E-state index in [1.165, 1.54) is 0 Å². The van der Waals surface area contributed by atoms with E-state index in [4.69, 9.17) is 0 Å². The fraction of sp³-hybridized carbons (Fsp3) is 1.00. The lowest BCUT2D eigenvalue weighted by Gasteiger charge is -2.22. The van der Waals surface area contributed by atoms with Crippen LogP contribution in [-0.4, -0.2) is 23.8 Å². The lowest BCUT2D eigenvalue weighted by Crippen LogP contribution is -2.27. The molecule has 0 aromatic rings. The average Bonchev–Trinajstić information content (AvgIpc) is 2.45. The summed E-state index contributed by atoms with van der Waals surface area (Å²) in [5.74, 6) is 1.53. The Morgan fingerprint density at radius 2 is 1.92 bits per heavy atom. The van der Waals surface area contributed by atoms with E-state index in [1.54, 1.807) is 0 Å². The molecule has 12 heavy (non-hydrogen) atoms. The summed E-state index contributed by atoms with van der Waals surface area (Å²) in [6.45, 7) is 4.43. The Bertz CT molecular complexity index is 157. The molecule has 1 aliphatic heterocycles. The number of hydrogen-bond acceptors (Lipinski definition) is 2. The number of rotatable bonds is 2. The summed E-state index contributed by atoms with van der Waals surface area (Å²) in [7, 11) is 0. The van der Waals surface area contributed by atoms with Crippen LogP contribution in [-0.2, 0) is 0 Å². The molecule has 1 aliphatic carbocycles. The maximum atomic E-state index is 10.2. The molecule has 0 aromatic carbocycles. The van der Waals surface area contributed by atoms with Gasteiger partial charge in [0, 0.05) is 0 Å². The van der Waals surface area contributed by atoms with Crippen molar-refractivity contribution in [3.63, 3.8) is 0 Å². The van der Waals surface area contributed by atoms with Crippen molar-refractivity contribution in [1.29, 1.82) is 0 Å². The van der Waals surface area contributed by atoms with Gasteiger partial charge in [0.25, 0.3) is 0 Å². The van der Waals surface area contributed by atoms with Crippen LogP contribution in [0.2, 0.25) is 0 Å². The van der Waals surface area contributed by atoms with E-state index in [0.717, 1.165) is 50.6 Å². The van der Waals surface area contributed by atoms with E-state index in [9.17, 15) is 5.11 Å². The minimum Gasteiger partial charge on any atom is -0.390 e. The molecule has 2 unspecified atom stereocenters. The summed E-state index contributed by atoms with van der Waals surface area (Å²) in [5.41, 5.74) is -0.299. The van der Waals surface area contributed by atoms with E-state index in [1.807, 2.05) is 0 Å². The van der Waals surface area contributed by atoms with Gasteiger partial charge in [0.2, 0.25) is 0 Å². The summed E-state index contributed by atoms with van der Waals surface area (Å²) in [6.07, 6.45) is 4.19. The minimum atomic E-state index is -0.299. The number of fused-ring (bicyclic) bond motifs is 1. The fourth-order valence-corrected chi connectivity index (χ4v) is 2.99. The van der Waals surface area contributed by atoms with Crippen LogP contribution in [0.4, 0.5) is 0 Å². The van der Waals surface area contributed by atoms with Crippen LogP contribution in [0.25, 0.3) is 0 Å². The molecule has 2 rings (SSSR count). The van der Waals surface area contributed by atoms with Crippen LogP contribution in [0.1, 0.15) is 32.6 Å². The van der Waals surface area contributed by atoms with E-state index >= 15 is 0 Å². The van der Waals surface area contributed by atoms with Crippen molar-refractivity contribution >= 4 is 0 Å². The van der Waals surface area contributed by atoms with Gasteiger partial charge in [-0.2, -0.15) is 0 Å². The van der Waals surface area contributed by atoms with Crippen LogP contribution in [0.3, 0.4) is 0 Å². The summed E-state index contributed by atoms with van der Waals surface area (Å²) in [5, 5.41) is 13.6. The van der Waals surface area contributed by atoms with Crippen LogP contribution < -0.4 is 5.32 Å². The van der Waals surface area contributed by atoms with Gasteiger partial charge in [-0.15, -0.1) is 0 Å². The van der Waals surface area contributed by atoms with Gasteiger partial charge in [-0.3, -0.25) is 0 Å². The second-order valence-electron chi connectivity index (χ2n) is 4.56. The van der Waals surface area contributed by atoms with E-state index < -0.39 is 0 Å². The van der Waals surface area contributed by atoms with Crippen molar-refractivity contribution in [2.75, 3.05) is 13.1 Å². The molecule has 2 nitrogen and oxygen atoms in total. The van der Waals surface area contributed by atoms with Crippen molar-refractivity contribution in [2.45, 2.75) is 38.2 Å². The van der Waals surface area contributed by atoms with Gasteiger partial charge in [0.15, 0.2) is 0 Å². The molecular weight excluding hydrogens is 150 g/mol. The highest BCUT2D eigenvalue weighted by atomic mass is 16.3.